The van der Waals surface area contributed by atoms with Gasteiger partial charge in [-0.3, -0.25) is 9.78 Å². The maximum atomic E-state index is 14.8. The zero-order chi connectivity index (χ0) is 25.0. The van der Waals surface area contributed by atoms with E-state index in [4.69, 9.17) is 4.74 Å². The molecule has 0 amide bonds. The number of halogens is 5. The quantitative estimate of drug-likeness (QED) is 0.342. The molecule has 1 saturated heterocycles. The summed E-state index contributed by atoms with van der Waals surface area (Å²) < 4.78 is 74.2. The van der Waals surface area contributed by atoms with Crippen molar-refractivity contribution in [3.8, 4) is 11.1 Å². The molecule has 2 heterocycles. The molecule has 2 aromatic rings. The Labute approximate surface area is 200 Å². The highest BCUT2D eigenvalue weighted by molar-refractivity contribution is 5.75. The Bertz CT molecular complexity index is 1130. The zero-order valence-corrected chi connectivity index (χ0v) is 19.1. The predicted octanol–water partition coefficient (Wildman–Crippen LogP) is 7.03. The number of carbonyl (C=O) groups is 1. The summed E-state index contributed by atoms with van der Waals surface area (Å²) in [5.41, 5.74) is 0.786. The Hall–Kier alpha value is -2.77. The smallest absolute Gasteiger partial charge is 0.416 e. The van der Waals surface area contributed by atoms with E-state index in [1.54, 1.807) is 24.3 Å². The number of alkyl halides is 5. The second kappa shape index (κ2) is 8.71. The van der Waals surface area contributed by atoms with Crippen molar-refractivity contribution in [1.29, 1.82) is 0 Å². The number of pyridine rings is 1. The summed E-state index contributed by atoms with van der Waals surface area (Å²) in [7, 11) is 0. The monoisotopic (exact) mass is 491 g/mol. The molecule has 0 N–H and O–H groups in total. The van der Waals surface area contributed by atoms with E-state index in [2.05, 4.69) is 4.98 Å². The average Bonchev–Trinajstić information content (AvgIpc) is 3.10. The first-order valence-electron chi connectivity index (χ1n) is 11.9. The van der Waals surface area contributed by atoms with Crippen LogP contribution in [0.4, 0.5) is 22.0 Å². The number of aromatic nitrogens is 1. The van der Waals surface area contributed by atoms with Gasteiger partial charge >= 0.3 is 12.1 Å². The van der Waals surface area contributed by atoms with Crippen LogP contribution in [0.15, 0.2) is 48.7 Å². The fourth-order valence-electron chi connectivity index (χ4n) is 6.34. The van der Waals surface area contributed by atoms with Crippen molar-refractivity contribution >= 4 is 12.0 Å². The maximum Gasteiger partial charge on any atom is 0.416 e. The van der Waals surface area contributed by atoms with Crippen molar-refractivity contribution in [1.82, 2.24) is 4.98 Å². The van der Waals surface area contributed by atoms with Crippen LogP contribution >= 0.6 is 0 Å². The number of hydrogen-bond donors (Lipinski definition) is 0. The fourth-order valence-corrected chi connectivity index (χ4v) is 6.34. The van der Waals surface area contributed by atoms with E-state index < -0.39 is 29.5 Å². The van der Waals surface area contributed by atoms with Crippen LogP contribution in [0, 0.1) is 29.6 Å². The highest BCUT2D eigenvalue weighted by Crippen LogP contribution is 2.57. The maximum absolute atomic E-state index is 14.8. The van der Waals surface area contributed by atoms with E-state index in [9.17, 15) is 26.7 Å². The minimum atomic E-state index is -4.43. The Morgan fingerprint density at radius 3 is 2.66 bits per heavy atom. The van der Waals surface area contributed by atoms with E-state index in [0.29, 0.717) is 29.7 Å². The summed E-state index contributed by atoms with van der Waals surface area (Å²) in [4.78, 5) is 16.8. The lowest BCUT2D eigenvalue weighted by atomic mass is 9.56. The zero-order valence-electron chi connectivity index (χ0n) is 19.1. The van der Waals surface area contributed by atoms with Crippen LogP contribution in [-0.4, -0.2) is 23.0 Å². The lowest BCUT2D eigenvalue weighted by Crippen LogP contribution is -2.50. The molecule has 1 aliphatic heterocycles. The molecule has 35 heavy (non-hydrogen) atoms. The molecule has 8 heteroatoms. The largest absolute Gasteiger partial charge is 0.462 e. The lowest BCUT2D eigenvalue weighted by molar-refractivity contribution is -0.154. The molecule has 3 fully saturated rings. The number of ether oxygens (including phenoxy) is 1. The summed E-state index contributed by atoms with van der Waals surface area (Å²) in [6.45, 7) is 1.83. The van der Waals surface area contributed by atoms with Gasteiger partial charge in [-0.05, 0) is 67.9 Å². The van der Waals surface area contributed by atoms with Crippen LogP contribution in [0.5, 0.6) is 0 Å². The van der Waals surface area contributed by atoms with Gasteiger partial charge in [0.05, 0.1) is 17.2 Å². The van der Waals surface area contributed by atoms with E-state index in [1.165, 1.54) is 12.3 Å². The summed E-state index contributed by atoms with van der Waals surface area (Å²) in [6, 6.07) is 8.43. The normalized spacial score (nSPS) is 32.2. The summed E-state index contributed by atoms with van der Waals surface area (Å²) >= 11 is 0. The third-order valence-electron chi connectivity index (χ3n) is 7.96. The second-order valence-corrected chi connectivity index (χ2v) is 9.97. The molecule has 2 aliphatic carbocycles. The van der Waals surface area contributed by atoms with Crippen LogP contribution in [0.25, 0.3) is 17.2 Å². The number of rotatable bonds is 3. The number of cyclic esters (lactones) is 1. The van der Waals surface area contributed by atoms with Crippen LogP contribution in [0.1, 0.15) is 43.9 Å². The highest BCUT2D eigenvalue weighted by atomic mass is 19.4. The van der Waals surface area contributed by atoms with Gasteiger partial charge < -0.3 is 4.74 Å². The molecule has 2 saturated carbocycles. The molecule has 0 radical (unpaired) electrons. The number of carbonyl (C=O) groups excluding carboxylic acids is 1. The molecule has 3 nitrogen and oxygen atoms in total. The molecule has 1 aromatic carbocycles. The van der Waals surface area contributed by atoms with Crippen LogP contribution < -0.4 is 0 Å². The summed E-state index contributed by atoms with van der Waals surface area (Å²) in [6.07, 6.45) is 1.54. The minimum Gasteiger partial charge on any atom is -0.462 e. The molecular formula is C27H26F5NO2. The second-order valence-electron chi connectivity index (χ2n) is 9.97. The van der Waals surface area contributed by atoms with Gasteiger partial charge in [-0.1, -0.05) is 24.3 Å². The Morgan fingerprint density at radius 2 is 1.94 bits per heavy atom. The molecule has 0 spiro atoms. The third-order valence-corrected chi connectivity index (χ3v) is 7.96. The standard InChI is InChI=1S/C27H26F5NO2/c1-15-24-21(20-6-3-11-26(28,29)23(20)13-22(24)25(34)35-15)10-9-19-8-7-17(14-33-19)16-4-2-5-18(12-16)27(30,31)32/h2,4-5,7-10,12,14-15,20-24H,3,6,11,13H2,1H3/t15-,20?,21+,22?,23?,24?/m1/s1. The molecule has 0 bridgehead atoms. The number of hydrogen-bond acceptors (Lipinski definition) is 3. The Kier molecular flexibility index (Phi) is 5.96. The lowest BCUT2D eigenvalue weighted by Gasteiger charge is -2.48. The number of fused-ring (bicyclic) bond motifs is 2. The highest BCUT2D eigenvalue weighted by Gasteiger charge is 2.60. The molecule has 3 aliphatic rings. The molecule has 5 rings (SSSR count). The van der Waals surface area contributed by atoms with Crippen molar-refractivity contribution in [2.45, 2.75) is 50.8 Å². The van der Waals surface area contributed by atoms with Crippen LogP contribution in [-0.2, 0) is 15.7 Å². The first-order valence-corrected chi connectivity index (χ1v) is 11.9. The van der Waals surface area contributed by atoms with Crippen molar-refractivity contribution in [2.24, 2.45) is 29.6 Å². The first kappa shape index (κ1) is 23.9. The van der Waals surface area contributed by atoms with E-state index >= 15 is 0 Å². The van der Waals surface area contributed by atoms with Crippen molar-refractivity contribution in [3.63, 3.8) is 0 Å². The SMILES string of the molecule is C[C@H]1OC(=O)C2CC3C(CCCC3(F)F)[C@H](C=Cc3ccc(-c4cccc(C(F)(F)F)c4)cn3)C21. The van der Waals surface area contributed by atoms with Gasteiger partial charge in [0.25, 0.3) is 5.92 Å². The summed E-state index contributed by atoms with van der Waals surface area (Å²) in [5, 5.41) is 0. The van der Waals surface area contributed by atoms with E-state index in [-0.39, 0.29) is 42.7 Å². The van der Waals surface area contributed by atoms with Gasteiger partial charge in [0.1, 0.15) is 6.10 Å². The van der Waals surface area contributed by atoms with Gasteiger partial charge in [0.15, 0.2) is 0 Å². The first-order chi connectivity index (χ1) is 16.5. The van der Waals surface area contributed by atoms with Crippen LogP contribution in [0.2, 0.25) is 0 Å². The van der Waals surface area contributed by atoms with Crippen molar-refractivity contribution in [2.75, 3.05) is 0 Å². The average molecular weight is 492 g/mol. The topological polar surface area (TPSA) is 39.2 Å². The van der Waals surface area contributed by atoms with Crippen molar-refractivity contribution in [3.05, 3.63) is 59.9 Å². The number of benzene rings is 1. The van der Waals surface area contributed by atoms with E-state index in [0.717, 1.165) is 12.1 Å². The van der Waals surface area contributed by atoms with E-state index in [1.807, 2.05) is 13.0 Å². The van der Waals surface area contributed by atoms with Crippen molar-refractivity contribution < 1.29 is 31.5 Å². The number of allylic oxidation sites excluding steroid dienone is 1. The molecule has 4 unspecified atom stereocenters. The predicted molar refractivity (Wildman–Crippen MR) is 120 cm³/mol. The Balaban J connectivity index is 1.40. The fraction of sp³-hybridized carbons (Fsp3) is 0.481. The van der Waals surface area contributed by atoms with Gasteiger partial charge in [-0.15, -0.1) is 0 Å². The van der Waals surface area contributed by atoms with Gasteiger partial charge in [0.2, 0.25) is 0 Å². The molecule has 186 valence electrons. The molecule has 1 aromatic heterocycles. The Morgan fingerprint density at radius 1 is 1.14 bits per heavy atom. The van der Waals surface area contributed by atoms with Gasteiger partial charge in [-0.25, -0.2) is 8.78 Å². The van der Waals surface area contributed by atoms with Crippen LogP contribution in [0.3, 0.4) is 0 Å². The molecule has 6 atom stereocenters. The number of esters is 1. The van der Waals surface area contributed by atoms with Gasteiger partial charge in [0, 0.05) is 30.0 Å². The molecular weight excluding hydrogens is 465 g/mol. The third kappa shape index (κ3) is 4.47. The van der Waals surface area contributed by atoms with Gasteiger partial charge in [-0.2, -0.15) is 13.2 Å². The number of nitrogens with zero attached hydrogens (tertiary/aromatic N) is 1. The summed E-state index contributed by atoms with van der Waals surface area (Å²) in [5.74, 6) is -5.18. The minimum absolute atomic E-state index is 0.148.